The normalized spacial score (nSPS) is 17.1. The zero-order valence-electron chi connectivity index (χ0n) is 15.6. The minimum atomic E-state index is -3.18. The average molecular weight is 387 g/mol. The number of anilines is 1. The number of carbonyl (C=O) groups is 1. The average Bonchev–Trinajstić information content (AvgIpc) is 3.13. The number of rotatable bonds is 7. The molecule has 0 spiro atoms. The summed E-state index contributed by atoms with van der Waals surface area (Å²) in [5.41, 5.74) is 2.17. The molecule has 144 valence electrons. The molecule has 1 N–H and O–H groups in total. The van der Waals surface area contributed by atoms with Gasteiger partial charge in [-0.2, -0.15) is 0 Å². The van der Waals surface area contributed by atoms with Crippen LogP contribution >= 0.6 is 0 Å². The van der Waals surface area contributed by atoms with Crippen LogP contribution in [0.15, 0.2) is 59.5 Å². The second-order valence-electron chi connectivity index (χ2n) is 7.05. The molecule has 1 aliphatic rings. The number of amides is 1. The van der Waals surface area contributed by atoms with Gasteiger partial charge in [-0.3, -0.25) is 4.79 Å². The monoisotopic (exact) mass is 386 g/mol. The predicted molar refractivity (Wildman–Crippen MR) is 108 cm³/mol. The summed E-state index contributed by atoms with van der Waals surface area (Å²) in [4.78, 5) is 14.9. The van der Waals surface area contributed by atoms with Gasteiger partial charge in [0.15, 0.2) is 9.84 Å². The summed E-state index contributed by atoms with van der Waals surface area (Å²) in [6.45, 7) is 1.68. The maximum absolute atomic E-state index is 12.2. The van der Waals surface area contributed by atoms with Crippen LogP contribution in [0.25, 0.3) is 0 Å². The third-order valence-corrected chi connectivity index (χ3v) is 6.12. The topological polar surface area (TPSA) is 66.5 Å². The highest BCUT2D eigenvalue weighted by Gasteiger charge is 2.24. The Kier molecular flexibility index (Phi) is 6.16. The van der Waals surface area contributed by atoms with Crippen LogP contribution in [0.2, 0.25) is 0 Å². The molecular weight excluding hydrogens is 360 g/mol. The van der Waals surface area contributed by atoms with E-state index in [1.807, 2.05) is 18.2 Å². The maximum atomic E-state index is 12.2. The molecule has 1 atom stereocenters. The Morgan fingerprint density at radius 3 is 2.48 bits per heavy atom. The Bertz CT molecular complexity index is 864. The smallest absolute Gasteiger partial charge is 0.220 e. The molecule has 1 heterocycles. The van der Waals surface area contributed by atoms with Crippen molar-refractivity contribution in [2.75, 3.05) is 24.2 Å². The van der Waals surface area contributed by atoms with Gasteiger partial charge in [0.25, 0.3) is 0 Å². The second-order valence-corrected chi connectivity index (χ2v) is 9.06. The van der Waals surface area contributed by atoms with Crippen molar-refractivity contribution in [1.82, 2.24) is 5.32 Å². The van der Waals surface area contributed by atoms with Crippen molar-refractivity contribution in [1.29, 1.82) is 0 Å². The Hall–Kier alpha value is -2.34. The molecular formula is C21H26N2O3S. The molecule has 0 aromatic heterocycles. The zero-order valence-corrected chi connectivity index (χ0v) is 16.4. The molecule has 1 fully saturated rings. The van der Waals surface area contributed by atoms with E-state index in [2.05, 4.69) is 22.3 Å². The van der Waals surface area contributed by atoms with E-state index in [1.165, 1.54) is 11.9 Å². The van der Waals surface area contributed by atoms with Crippen LogP contribution in [-0.4, -0.2) is 39.7 Å². The number of para-hydroxylation sites is 1. The van der Waals surface area contributed by atoms with Crippen LogP contribution in [0.3, 0.4) is 0 Å². The minimum Gasteiger partial charge on any atom is -0.367 e. The van der Waals surface area contributed by atoms with Crippen molar-refractivity contribution in [2.45, 2.75) is 36.6 Å². The molecule has 3 rings (SSSR count). The summed E-state index contributed by atoms with van der Waals surface area (Å²) in [7, 11) is -3.18. The molecule has 1 aliphatic heterocycles. The van der Waals surface area contributed by atoms with E-state index in [1.54, 1.807) is 24.3 Å². The lowest BCUT2D eigenvalue weighted by Gasteiger charge is -2.27. The number of nitrogens with one attached hydrogen (secondary N) is 1. The minimum absolute atomic E-state index is 0.0297. The van der Waals surface area contributed by atoms with Crippen LogP contribution in [0.4, 0.5) is 5.69 Å². The number of sulfone groups is 1. The van der Waals surface area contributed by atoms with Gasteiger partial charge in [-0.1, -0.05) is 30.3 Å². The first-order valence-electron chi connectivity index (χ1n) is 9.31. The summed E-state index contributed by atoms with van der Waals surface area (Å²) < 4.78 is 23.0. The summed E-state index contributed by atoms with van der Waals surface area (Å²) >= 11 is 0. The van der Waals surface area contributed by atoms with Gasteiger partial charge in [-0.25, -0.2) is 8.42 Å². The fourth-order valence-corrected chi connectivity index (χ4v) is 4.12. The summed E-state index contributed by atoms with van der Waals surface area (Å²) in [6.07, 6.45) is 4.42. The predicted octanol–water partition coefficient (Wildman–Crippen LogP) is 2.81. The Morgan fingerprint density at radius 2 is 1.81 bits per heavy atom. The quantitative estimate of drug-likeness (QED) is 0.795. The number of hydrogen-bond acceptors (Lipinski definition) is 4. The summed E-state index contributed by atoms with van der Waals surface area (Å²) in [5.74, 6) is 0.0297. The van der Waals surface area contributed by atoms with Gasteiger partial charge in [-0.05, 0) is 49.1 Å². The molecule has 27 heavy (non-hydrogen) atoms. The zero-order chi connectivity index (χ0) is 19.3. The third kappa shape index (κ3) is 5.32. The van der Waals surface area contributed by atoms with E-state index in [0.29, 0.717) is 30.3 Å². The van der Waals surface area contributed by atoms with E-state index in [4.69, 9.17) is 0 Å². The molecule has 0 bridgehead atoms. The molecule has 2 aromatic rings. The Labute approximate surface area is 161 Å². The fraction of sp³-hybridized carbons (Fsp3) is 0.381. The highest BCUT2D eigenvalue weighted by molar-refractivity contribution is 7.90. The largest absolute Gasteiger partial charge is 0.367 e. The molecule has 0 unspecified atom stereocenters. The van der Waals surface area contributed by atoms with Gasteiger partial charge < -0.3 is 10.2 Å². The lowest BCUT2D eigenvalue weighted by atomic mass is 10.1. The molecule has 0 saturated carbocycles. The molecule has 6 heteroatoms. The Morgan fingerprint density at radius 1 is 1.11 bits per heavy atom. The van der Waals surface area contributed by atoms with E-state index in [9.17, 15) is 13.2 Å². The number of hydrogen-bond donors (Lipinski definition) is 1. The molecule has 5 nitrogen and oxygen atoms in total. The third-order valence-electron chi connectivity index (χ3n) is 4.99. The van der Waals surface area contributed by atoms with Crippen molar-refractivity contribution in [3.63, 3.8) is 0 Å². The van der Waals surface area contributed by atoms with Gasteiger partial charge >= 0.3 is 0 Å². The van der Waals surface area contributed by atoms with E-state index >= 15 is 0 Å². The molecule has 1 saturated heterocycles. The van der Waals surface area contributed by atoms with Gasteiger partial charge in [-0.15, -0.1) is 0 Å². The maximum Gasteiger partial charge on any atom is 0.220 e. The van der Waals surface area contributed by atoms with Crippen molar-refractivity contribution in [2.24, 2.45) is 0 Å². The van der Waals surface area contributed by atoms with E-state index < -0.39 is 9.84 Å². The second kappa shape index (κ2) is 8.57. The molecule has 1 amide bonds. The van der Waals surface area contributed by atoms with Crippen LogP contribution in [0.5, 0.6) is 0 Å². The first-order valence-corrected chi connectivity index (χ1v) is 11.2. The fourth-order valence-electron chi connectivity index (χ4n) is 3.49. The van der Waals surface area contributed by atoms with E-state index in [-0.39, 0.29) is 5.91 Å². The number of aryl methyl sites for hydroxylation is 1. The van der Waals surface area contributed by atoms with Crippen LogP contribution < -0.4 is 10.2 Å². The van der Waals surface area contributed by atoms with Crippen LogP contribution in [0, 0.1) is 0 Å². The SMILES string of the molecule is CS(=O)(=O)c1ccc(CCC(=O)NC[C@H]2CCCN2c2ccccc2)cc1. The summed E-state index contributed by atoms with van der Waals surface area (Å²) in [5, 5.41) is 3.05. The van der Waals surface area contributed by atoms with Crippen molar-refractivity contribution >= 4 is 21.4 Å². The number of carbonyl (C=O) groups excluding carboxylic acids is 1. The van der Waals surface area contributed by atoms with Gasteiger partial charge in [0.2, 0.25) is 5.91 Å². The standard InChI is InChI=1S/C21H26N2O3S/c1-27(25,26)20-12-9-17(10-13-20)11-14-21(24)22-16-19-8-5-15-23(19)18-6-3-2-4-7-18/h2-4,6-7,9-10,12-13,19H,5,8,11,14-16H2,1H3,(H,22,24)/t19-/m1/s1. The summed E-state index contributed by atoms with van der Waals surface area (Å²) in [6, 6.07) is 17.4. The van der Waals surface area contributed by atoms with Crippen molar-refractivity contribution in [3.8, 4) is 0 Å². The van der Waals surface area contributed by atoms with Crippen LogP contribution in [-0.2, 0) is 21.1 Å². The van der Waals surface area contributed by atoms with Crippen molar-refractivity contribution < 1.29 is 13.2 Å². The first kappa shape index (κ1) is 19.4. The van der Waals surface area contributed by atoms with Gasteiger partial charge in [0.1, 0.15) is 0 Å². The molecule has 0 radical (unpaired) electrons. The molecule has 2 aromatic carbocycles. The highest BCUT2D eigenvalue weighted by atomic mass is 32.2. The number of nitrogens with zero attached hydrogens (tertiary/aromatic N) is 1. The number of benzene rings is 2. The van der Waals surface area contributed by atoms with Crippen LogP contribution in [0.1, 0.15) is 24.8 Å². The lowest BCUT2D eigenvalue weighted by molar-refractivity contribution is -0.121. The first-order chi connectivity index (χ1) is 12.9. The Balaban J connectivity index is 1.47. The van der Waals surface area contributed by atoms with E-state index in [0.717, 1.165) is 24.9 Å². The van der Waals surface area contributed by atoms with Crippen molar-refractivity contribution in [3.05, 3.63) is 60.2 Å². The highest BCUT2D eigenvalue weighted by Crippen LogP contribution is 2.24. The van der Waals surface area contributed by atoms with Gasteiger partial charge in [0, 0.05) is 37.5 Å². The lowest BCUT2D eigenvalue weighted by Crippen LogP contribution is -2.40. The molecule has 0 aliphatic carbocycles. The van der Waals surface area contributed by atoms with Gasteiger partial charge in [0.05, 0.1) is 4.90 Å².